The molecule has 5 aliphatic rings. The Kier molecular flexibility index (Phi) is 9.98. The molecule has 3 aromatic carbocycles. The lowest BCUT2D eigenvalue weighted by atomic mass is 9.93. The molecule has 0 bridgehead atoms. The Bertz CT molecular complexity index is 2480. The van der Waals surface area contributed by atoms with Crippen molar-refractivity contribution in [3.63, 3.8) is 0 Å². The van der Waals surface area contributed by atoms with E-state index >= 15 is 8.78 Å². The summed E-state index contributed by atoms with van der Waals surface area (Å²) in [6, 6.07) is 19.5. The molecule has 1 aromatic heterocycles. The number of fused-ring (bicyclic) bond motifs is 3. The van der Waals surface area contributed by atoms with Crippen LogP contribution in [0.4, 0.5) is 18.4 Å². The van der Waals surface area contributed by atoms with Crippen molar-refractivity contribution < 1.29 is 32.6 Å². The Morgan fingerprint density at radius 2 is 1.51 bits per heavy atom. The number of carbonyl (C=O) groups excluding carboxylic acids is 3. The zero-order valence-electron chi connectivity index (χ0n) is 35.6. The molecule has 9 rings (SSSR count). The summed E-state index contributed by atoms with van der Waals surface area (Å²) in [5, 5.41) is 2.72. The van der Waals surface area contributed by atoms with Crippen molar-refractivity contribution in [2.75, 3.05) is 20.2 Å². The second-order valence-electron chi connectivity index (χ2n) is 18.8. The molecule has 3 amide bonds. The molecule has 1 spiro atoms. The Balaban J connectivity index is 0.891. The maximum atomic E-state index is 16.5. The highest BCUT2D eigenvalue weighted by atomic mass is 19.3. The van der Waals surface area contributed by atoms with Gasteiger partial charge in [0.15, 0.2) is 0 Å². The molecular formula is C49H53F2N5O5. The maximum Gasteiger partial charge on any atom is 0.410 e. The monoisotopic (exact) mass is 829 g/mol. The third kappa shape index (κ3) is 7.52. The molecular weight excluding hydrogens is 777 g/mol. The third-order valence-corrected chi connectivity index (χ3v) is 13.2. The summed E-state index contributed by atoms with van der Waals surface area (Å²) in [6.07, 6.45) is 7.82. The first-order valence-electron chi connectivity index (χ1n) is 21.4. The number of amides is 3. The molecule has 4 heterocycles. The van der Waals surface area contributed by atoms with Gasteiger partial charge in [-0.1, -0.05) is 62.4 Å². The van der Waals surface area contributed by atoms with Gasteiger partial charge in [0, 0.05) is 54.4 Å². The number of H-pyrrole nitrogens is 1. The highest BCUT2D eigenvalue weighted by molar-refractivity contribution is 6.04. The van der Waals surface area contributed by atoms with E-state index in [9.17, 15) is 14.4 Å². The number of ether oxygens (including phenoxy) is 2. The number of benzene rings is 3. The minimum absolute atomic E-state index is 0.0185. The lowest BCUT2D eigenvalue weighted by Crippen LogP contribution is -2.53. The molecule has 12 heteroatoms. The van der Waals surface area contributed by atoms with E-state index in [0.717, 1.165) is 65.8 Å². The second kappa shape index (κ2) is 15.0. The van der Waals surface area contributed by atoms with Crippen molar-refractivity contribution in [2.45, 2.75) is 103 Å². The molecule has 3 fully saturated rings. The summed E-state index contributed by atoms with van der Waals surface area (Å²) in [7, 11) is 1.28. The number of nitrogens with one attached hydrogen (secondary N) is 2. The van der Waals surface area contributed by atoms with Crippen molar-refractivity contribution >= 4 is 29.4 Å². The highest BCUT2D eigenvalue weighted by Crippen LogP contribution is 2.56. The van der Waals surface area contributed by atoms with E-state index in [2.05, 4.69) is 16.4 Å². The summed E-state index contributed by atoms with van der Waals surface area (Å²) in [5.41, 5.74) is 7.28. The fourth-order valence-electron chi connectivity index (χ4n) is 9.69. The molecule has 0 unspecified atom stereocenters. The molecule has 2 N–H and O–H groups in total. The van der Waals surface area contributed by atoms with Gasteiger partial charge in [-0.2, -0.15) is 8.78 Å². The number of alkyl halides is 2. The van der Waals surface area contributed by atoms with Crippen LogP contribution in [0.1, 0.15) is 102 Å². The van der Waals surface area contributed by atoms with Crippen LogP contribution in [-0.4, -0.2) is 76.5 Å². The third-order valence-electron chi connectivity index (χ3n) is 13.2. The normalized spacial score (nSPS) is 21.3. The van der Waals surface area contributed by atoms with Crippen LogP contribution < -0.4 is 5.32 Å². The molecule has 2 aliphatic carbocycles. The van der Waals surface area contributed by atoms with Crippen LogP contribution in [0.5, 0.6) is 0 Å². The van der Waals surface area contributed by atoms with E-state index in [1.54, 1.807) is 35.4 Å². The van der Waals surface area contributed by atoms with Crippen LogP contribution in [0.25, 0.3) is 39.0 Å². The van der Waals surface area contributed by atoms with E-state index < -0.39 is 23.7 Å². The first-order valence-corrected chi connectivity index (χ1v) is 21.4. The van der Waals surface area contributed by atoms with Gasteiger partial charge in [0.05, 0.1) is 19.2 Å². The number of allylic oxidation sites excluding steroid dienone is 1. The second-order valence-corrected chi connectivity index (χ2v) is 18.8. The van der Waals surface area contributed by atoms with Gasteiger partial charge >= 0.3 is 12.2 Å². The molecule has 2 saturated heterocycles. The van der Waals surface area contributed by atoms with Gasteiger partial charge in [-0.25, -0.2) is 9.59 Å². The predicted molar refractivity (Wildman–Crippen MR) is 231 cm³/mol. The highest BCUT2D eigenvalue weighted by Gasteiger charge is 2.55. The van der Waals surface area contributed by atoms with Crippen molar-refractivity contribution in [2.24, 2.45) is 16.3 Å². The minimum Gasteiger partial charge on any atom is -0.453 e. The topological polar surface area (TPSA) is 116 Å². The van der Waals surface area contributed by atoms with E-state index in [4.69, 9.17) is 14.5 Å². The Morgan fingerprint density at radius 3 is 2.15 bits per heavy atom. The number of aromatic amines is 1. The van der Waals surface area contributed by atoms with Crippen LogP contribution in [-0.2, 0) is 20.2 Å². The average Bonchev–Trinajstić information content (AvgIpc) is 3.82. The number of nitrogens with zero attached hydrogens (tertiary/aromatic N) is 3. The smallest absolute Gasteiger partial charge is 0.410 e. The summed E-state index contributed by atoms with van der Waals surface area (Å²) in [4.78, 5) is 50.8. The predicted octanol–water partition coefficient (Wildman–Crippen LogP) is 10.5. The van der Waals surface area contributed by atoms with E-state index in [-0.39, 0.29) is 46.5 Å². The van der Waals surface area contributed by atoms with Crippen molar-refractivity contribution in [3.8, 4) is 33.4 Å². The Labute approximate surface area is 355 Å². The largest absolute Gasteiger partial charge is 0.453 e. The van der Waals surface area contributed by atoms with Gasteiger partial charge in [-0.15, -0.1) is 0 Å². The standard InChI is InChI=1S/C49H53F2N5O5/c1-28(2)43(54-45(58)60-6)44(57)56-27-48(17-18-48)24-42(56)40-23-34(26-53-40)32-14-16-36-35-15-13-31(20-37(35)49(50,51)38(36)21-32)29-9-11-30(12-10-29)33-22-39(52-25-33)41-8-7-19-55(41)46(59)61-47(3,4)5/h9-16,20-22,25-26,28,41-43,52H,7-8,17-19,23-24,27H2,1-6H3,(H,54,58)/t41-,42-,43-/m0/s1. The minimum atomic E-state index is -3.21. The Morgan fingerprint density at radius 1 is 0.869 bits per heavy atom. The van der Waals surface area contributed by atoms with E-state index in [1.807, 2.05) is 82.1 Å². The molecule has 3 atom stereocenters. The number of hydrogen-bond acceptors (Lipinski definition) is 6. The number of aliphatic imine (C=N–C) groups is 1. The number of methoxy groups -OCH3 is 1. The number of halogens is 2. The SMILES string of the molecule is COC(=O)N[C@H](C(=O)N1CC2(CC2)C[C@H]1C1=NC=C(c2ccc3c(c2)C(F)(F)c2cc(-c4ccc(-c5c[nH]c([C@@H]6CCCN6C(=O)OC(C)(C)C)c5)cc4)ccc2-3)C1)C(C)C. The van der Waals surface area contributed by atoms with Crippen LogP contribution in [0.3, 0.4) is 0 Å². The van der Waals surface area contributed by atoms with Crippen molar-refractivity contribution in [1.82, 2.24) is 20.1 Å². The van der Waals surface area contributed by atoms with Gasteiger partial charge in [0.2, 0.25) is 5.91 Å². The zero-order chi connectivity index (χ0) is 43.0. The zero-order valence-corrected chi connectivity index (χ0v) is 35.6. The molecule has 61 heavy (non-hydrogen) atoms. The average molecular weight is 830 g/mol. The fourth-order valence-corrected chi connectivity index (χ4v) is 9.69. The van der Waals surface area contributed by atoms with Gasteiger partial charge in [-0.05, 0) is 127 Å². The number of alkyl carbamates (subject to hydrolysis) is 1. The quantitative estimate of drug-likeness (QED) is 0.183. The van der Waals surface area contributed by atoms with Crippen molar-refractivity contribution in [1.29, 1.82) is 0 Å². The summed E-state index contributed by atoms with van der Waals surface area (Å²) in [5.74, 6) is -3.51. The number of hydrogen-bond donors (Lipinski definition) is 2. The fraction of sp³-hybridized carbons (Fsp3) is 0.429. The number of aromatic nitrogens is 1. The first kappa shape index (κ1) is 40.6. The number of likely N-dealkylation sites (tertiary alicyclic amines) is 2. The van der Waals surface area contributed by atoms with Crippen molar-refractivity contribution in [3.05, 3.63) is 102 Å². The maximum absolute atomic E-state index is 16.5. The molecule has 10 nitrogen and oxygen atoms in total. The summed E-state index contributed by atoms with van der Waals surface area (Å²) in [6.45, 7) is 10.6. The van der Waals surface area contributed by atoms with Crippen LogP contribution >= 0.6 is 0 Å². The molecule has 3 aliphatic heterocycles. The number of rotatable bonds is 8. The first-order chi connectivity index (χ1) is 29.0. The number of carbonyl (C=O) groups is 3. The van der Waals surface area contributed by atoms with E-state index in [0.29, 0.717) is 41.8 Å². The van der Waals surface area contributed by atoms with Gasteiger partial charge < -0.3 is 24.7 Å². The van der Waals surface area contributed by atoms with Crippen LogP contribution in [0.2, 0.25) is 0 Å². The lowest BCUT2D eigenvalue weighted by Gasteiger charge is -2.31. The lowest BCUT2D eigenvalue weighted by molar-refractivity contribution is -0.134. The summed E-state index contributed by atoms with van der Waals surface area (Å²) < 4.78 is 43.5. The van der Waals surface area contributed by atoms with Crippen LogP contribution in [0, 0.1) is 11.3 Å². The molecule has 4 aromatic rings. The Hall–Kier alpha value is -5.78. The van der Waals surface area contributed by atoms with E-state index in [1.165, 1.54) is 7.11 Å². The van der Waals surface area contributed by atoms with Crippen LogP contribution in [0.15, 0.2) is 84.1 Å². The molecule has 318 valence electrons. The molecule has 0 radical (unpaired) electrons. The van der Waals surface area contributed by atoms with Gasteiger partial charge in [0.25, 0.3) is 5.92 Å². The van der Waals surface area contributed by atoms with Gasteiger partial charge in [-0.3, -0.25) is 14.7 Å². The summed E-state index contributed by atoms with van der Waals surface area (Å²) >= 11 is 0. The van der Waals surface area contributed by atoms with Gasteiger partial charge in [0.1, 0.15) is 11.6 Å². The molecule has 1 saturated carbocycles.